The second kappa shape index (κ2) is 5.92. The van der Waals surface area contributed by atoms with Gasteiger partial charge in [0.15, 0.2) is 0 Å². The van der Waals surface area contributed by atoms with E-state index in [4.69, 9.17) is 23.2 Å². The van der Waals surface area contributed by atoms with Crippen LogP contribution in [0.1, 0.15) is 23.2 Å². The molecule has 0 saturated carbocycles. The monoisotopic (exact) mass is 335 g/mol. The molecule has 1 aliphatic rings. The van der Waals surface area contributed by atoms with Crippen molar-refractivity contribution < 1.29 is 13.2 Å². The molecule has 0 N–H and O–H groups in total. The molecule has 1 aromatic carbocycles. The van der Waals surface area contributed by atoms with Crippen molar-refractivity contribution in [1.82, 2.24) is 4.90 Å². The molecule has 2 rings (SSSR count). The normalized spacial score (nSPS) is 17.2. The van der Waals surface area contributed by atoms with Crippen LogP contribution in [0.25, 0.3) is 0 Å². The number of halogens is 2. The van der Waals surface area contributed by atoms with Crippen LogP contribution in [0.2, 0.25) is 10.0 Å². The predicted octanol–water partition coefficient (Wildman–Crippen LogP) is 2.64. The van der Waals surface area contributed by atoms with Gasteiger partial charge in [-0.2, -0.15) is 0 Å². The first kappa shape index (κ1) is 15.6. The number of rotatable bonds is 2. The van der Waals surface area contributed by atoms with E-state index < -0.39 is 9.84 Å². The number of piperidine rings is 1. The van der Waals surface area contributed by atoms with Crippen LogP contribution in [0.3, 0.4) is 0 Å². The summed E-state index contributed by atoms with van der Waals surface area (Å²) in [7, 11) is -3.03. The third-order valence-corrected chi connectivity index (χ3v) is 5.56. The van der Waals surface area contributed by atoms with Gasteiger partial charge >= 0.3 is 0 Å². The highest BCUT2D eigenvalue weighted by Gasteiger charge is 2.29. The molecule has 1 amide bonds. The molecule has 0 spiro atoms. The molecule has 1 aliphatic heterocycles. The van der Waals surface area contributed by atoms with Crippen LogP contribution in [-0.2, 0) is 9.84 Å². The van der Waals surface area contributed by atoms with Gasteiger partial charge in [-0.25, -0.2) is 8.42 Å². The molecule has 110 valence electrons. The average molecular weight is 336 g/mol. The van der Waals surface area contributed by atoms with Crippen LogP contribution < -0.4 is 0 Å². The Hall–Kier alpha value is -0.780. The van der Waals surface area contributed by atoms with Crippen molar-refractivity contribution in [3.8, 4) is 0 Å². The van der Waals surface area contributed by atoms with E-state index in [2.05, 4.69) is 0 Å². The molecule has 20 heavy (non-hydrogen) atoms. The van der Waals surface area contributed by atoms with Gasteiger partial charge in [-0.3, -0.25) is 4.79 Å². The van der Waals surface area contributed by atoms with Crippen LogP contribution in [0.15, 0.2) is 18.2 Å². The molecular formula is C13H15Cl2NO3S. The molecular weight excluding hydrogens is 321 g/mol. The summed E-state index contributed by atoms with van der Waals surface area (Å²) >= 11 is 11.8. The van der Waals surface area contributed by atoms with Gasteiger partial charge in [0.1, 0.15) is 9.84 Å². The Balaban J connectivity index is 2.09. The number of benzene rings is 1. The van der Waals surface area contributed by atoms with Crippen LogP contribution in [-0.4, -0.2) is 43.8 Å². The molecule has 0 aromatic heterocycles. The maximum absolute atomic E-state index is 12.3. The molecule has 7 heteroatoms. The number of likely N-dealkylation sites (tertiary alicyclic amines) is 1. The lowest BCUT2D eigenvalue weighted by atomic mass is 10.1. The third kappa shape index (κ3) is 3.65. The number of amides is 1. The zero-order valence-electron chi connectivity index (χ0n) is 11.0. The second-order valence-electron chi connectivity index (χ2n) is 4.98. The Morgan fingerprint density at radius 1 is 1.15 bits per heavy atom. The lowest BCUT2D eigenvalue weighted by molar-refractivity contribution is 0.0726. The maximum atomic E-state index is 12.3. The lowest BCUT2D eigenvalue weighted by Crippen LogP contribution is -2.42. The molecule has 1 aromatic rings. The van der Waals surface area contributed by atoms with Gasteiger partial charge in [-0.15, -0.1) is 0 Å². The first-order valence-electron chi connectivity index (χ1n) is 6.21. The summed E-state index contributed by atoms with van der Waals surface area (Å²) in [5.41, 5.74) is 0.431. The largest absolute Gasteiger partial charge is 0.339 e. The number of hydrogen-bond donors (Lipinski definition) is 0. The highest BCUT2D eigenvalue weighted by molar-refractivity contribution is 7.91. The van der Waals surface area contributed by atoms with Gasteiger partial charge in [-0.05, 0) is 31.0 Å². The van der Waals surface area contributed by atoms with Crippen LogP contribution in [0.5, 0.6) is 0 Å². The van der Waals surface area contributed by atoms with Gasteiger partial charge in [0.2, 0.25) is 0 Å². The molecule has 1 saturated heterocycles. The number of carbonyl (C=O) groups is 1. The Labute approximate surface area is 128 Å². The van der Waals surface area contributed by atoms with Crippen molar-refractivity contribution in [2.24, 2.45) is 0 Å². The van der Waals surface area contributed by atoms with Crippen molar-refractivity contribution in [3.05, 3.63) is 33.8 Å². The van der Waals surface area contributed by atoms with Crippen molar-refractivity contribution >= 4 is 38.9 Å². The second-order valence-corrected chi connectivity index (χ2v) is 8.18. The smallest absolute Gasteiger partial charge is 0.253 e. The van der Waals surface area contributed by atoms with Crippen LogP contribution in [0.4, 0.5) is 0 Å². The summed E-state index contributed by atoms with van der Waals surface area (Å²) in [6, 6.07) is 4.70. The Kier molecular flexibility index (Phi) is 4.62. The summed E-state index contributed by atoms with van der Waals surface area (Å²) in [6.45, 7) is 0.863. The summed E-state index contributed by atoms with van der Waals surface area (Å²) in [5, 5.41) is 0.466. The van der Waals surface area contributed by atoms with Crippen molar-refractivity contribution in [2.75, 3.05) is 19.3 Å². The highest BCUT2D eigenvalue weighted by Crippen LogP contribution is 2.23. The molecule has 1 fully saturated rings. The van der Waals surface area contributed by atoms with Gasteiger partial charge in [-0.1, -0.05) is 23.2 Å². The summed E-state index contributed by atoms with van der Waals surface area (Å²) < 4.78 is 23.0. The molecule has 0 bridgehead atoms. The van der Waals surface area contributed by atoms with E-state index in [0.29, 0.717) is 41.5 Å². The summed E-state index contributed by atoms with van der Waals surface area (Å²) in [4.78, 5) is 14.0. The molecule has 0 atom stereocenters. The minimum absolute atomic E-state index is 0.165. The fraction of sp³-hybridized carbons (Fsp3) is 0.462. The molecule has 4 nitrogen and oxygen atoms in total. The van der Waals surface area contributed by atoms with Crippen molar-refractivity contribution in [1.29, 1.82) is 0 Å². The minimum Gasteiger partial charge on any atom is -0.339 e. The summed E-state index contributed by atoms with van der Waals surface area (Å²) in [5.74, 6) is -0.165. The van der Waals surface area contributed by atoms with Crippen molar-refractivity contribution in [2.45, 2.75) is 18.1 Å². The van der Waals surface area contributed by atoms with Gasteiger partial charge in [0, 0.05) is 35.0 Å². The van der Waals surface area contributed by atoms with Crippen molar-refractivity contribution in [3.63, 3.8) is 0 Å². The fourth-order valence-corrected chi connectivity index (χ4v) is 3.94. The Morgan fingerprint density at radius 2 is 1.65 bits per heavy atom. The van der Waals surface area contributed by atoms with Crippen LogP contribution >= 0.6 is 23.2 Å². The average Bonchev–Trinajstić information content (AvgIpc) is 2.36. The van der Waals surface area contributed by atoms with Crippen LogP contribution in [0, 0.1) is 0 Å². The highest BCUT2D eigenvalue weighted by atomic mass is 35.5. The Bertz CT molecular complexity index is 602. The first-order valence-corrected chi connectivity index (χ1v) is 8.92. The minimum atomic E-state index is -3.03. The van der Waals surface area contributed by atoms with E-state index in [1.165, 1.54) is 6.26 Å². The topological polar surface area (TPSA) is 54.5 Å². The molecule has 1 heterocycles. The number of nitrogens with zero attached hydrogens (tertiary/aromatic N) is 1. The summed E-state index contributed by atoms with van der Waals surface area (Å²) in [6.07, 6.45) is 2.18. The van der Waals surface area contributed by atoms with E-state index in [1.54, 1.807) is 23.1 Å². The predicted molar refractivity (Wildman–Crippen MR) is 80.2 cm³/mol. The fourth-order valence-electron chi connectivity index (χ4n) is 2.35. The van der Waals surface area contributed by atoms with Gasteiger partial charge in [0.05, 0.1) is 5.25 Å². The van der Waals surface area contributed by atoms with Gasteiger partial charge < -0.3 is 4.90 Å². The van der Waals surface area contributed by atoms with E-state index in [-0.39, 0.29) is 11.2 Å². The van der Waals surface area contributed by atoms with Gasteiger partial charge in [0.25, 0.3) is 5.91 Å². The molecule has 0 unspecified atom stereocenters. The van der Waals surface area contributed by atoms with E-state index >= 15 is 0 Å². The first-order chi connectivity index (χ1) is 9.27. The zero-order chi connectivity index (χ0) is 14.9. The lowest BCUT2D eigenvalue weighted by Gasteiger charge is -2.31. The molecule has 0 radical (unpaired) electrons. The maximum Gasteiger partial charge on any atom is 0.253 e. The molecule has 0 aliphatic carbocycles. The van der Waals surface area contributed by atoms with E-state index in [9.17, 15) is 13.2 Å². The quantitative estimate of drug-likeness (QED) is 0.834. The van der Waals surface area contributed by atoms with E-state index in [0.717, 1.165) is 0 Å². The zero-order valence-corrected chi connectivity index (χ0v) is 13.3. The van der Waals surface area contributed by atoms with E-state index in [1.807, 2.05) is 0 Å². The number of carbonyl (C=O) groups excluding carboxylic acids is 1. The number of hydrogen-bond acceptors (Lipinski definition) is 3. The standard InChI is InChI=1S/C13H15Cl2NO3S/c1-20(18,19)12-2-4-16(5-3-12)13(17)9-6-10(14)8-11(15)7-9/h6-8,12H,2-5H2,1H3. The Morgan fingerprint density at radius 3 is 2.10 bits per heavy atom. The SMILES string of the molecule is CS(=O)(=O)C1CCN(C(=O)c2cc(Cl)cc(Cl)c2)CC1. The number of sulfone groups is 1. The third-order valence-electron chi connectivity index (χ3n) is 3.44.